The highest BCUT2D eigenvalue weighted by Gasteiger charge is 2.21. The Bertz CT molecular complexity index is 411. The number of hydrogen-bond acceptors (Lipinski definition) is 4. The molecule has 1 aromatic carbocycles. The number of thioether (sulfide) groups is 1. The first-order chi connectivity index (χ1) is 9.24. The number of methoxy groups -OCH3 is 2. The number of ether oxygens (including phenoxy) is 2. The molecule has 1 fully saturated rings. The van der Waals surface area contributed by atoms with Gasteiger partial charge in [-0.2, -0.15) is 11.8 Å². The monoisotopic (exact) mass is 281 g/mol. The number of nitrogens with one attached hydrogen (secondary N) is 1. The zero-order chi connectivity index (χ0) is 13.7. The number of benzene rings is 1. The van der Waals surface area contributed by atoms with Gasteiger partial charge in [-0.15, -0.1) is 0 Å². The predicted molar refractivity (Wildman–Crippen MR) is 81.3 cm³/mol. The molecule has 1 aromatic rings. The van der Waals surface area contributed by atoms with Crippen LogP contribution in [0.4, 0.5) is 0 Å². The minimum Gasteiger partial charge on any atom is -0.493 e. The summed E-state index contributed by atoms with van der Waals surface area (Å²) in [6.45, 7) is 3.20. The van der Waals surface area contributed by atoms with Crippen molar-refractivity contribution in [2.24, 2.45) is 0 Å². The lowest BCUT2D eigenvalue weighted by Crippen LogP contribution is -2.38. The molecule has 1 saturated heterocycles. The Balaban J connectivity index is 1.95. The lowest BCUT2D eigenvalue weighted by molar-refractivity contribution is 0.354. The van der Waals surface area contributed by atoms with Gasteiger partial charge in [0.05, 0.1) is 14.2 Å². The van der Waals surface area contributed by atoms with Crippen LogP contribution in [0.3, 0.4) is 0 Å². The van der Waals surface area contributed by atoms with Crippen LogP contribution in [0.1, 0.15) is 25.3 Å². The first-order valence-corrected chi connectivity index (χ1v) is 7.85. The van der Waals surface area contributed by atoms with E-state index in [4.69, 9.17) is 9.47 Å². The third kappa shape index (κ3) is 3.80. The van der Waals surface area contributed by atoms with Crippen molar-refractivity contribution in [1.29, 1.82) is 0 Å². The summed E-state index contributed by atoms with van der Waals surface area (Å²) in [5.74, 6) is 2.89. The Morgan fingerprint density at radius 2 is 2.05 bits per heavy atom. The highest BCUT2D eigenvalue weighted by Crippen LogP contribution is 2.28. The average molecular weight is 281 g/mol. The van der Waals surface area contributed by atoms with Crippen molar-refractivity contribution in [1.82, 2.24) is 5.32 Å². The van der Waals surface area contributed by atoms with Gasteiger partial charge in [0.15, 0.2) is 11.5 Å². The fraction of sp³-hybridized carbons (Fsp3) is 0.600. The van der Waals surface area contributed by atoms with Crippen molar-refractivity contribution < 1.29 is 9.47 Å². The highest BCUT2D eigenvalue weighted by atomic mass is 32.2. The van der Waals surface area contributed by atoms with Crippen molar-refractivity contribution >= 4 is 11.8 Å². The maximum absolute atomic E-state index is 5.33. The topological polar surface area (TPSA) is 30.5 Å². The lowest BCUT2D eigenvalue weighted by Gasteiger charge is -2.29. The summed E-state index contributed by atoms with van der Waals surface area (Å²) in [5.41, 5.74) is 1.24. The second-order valence-corrected chi connectivity index (χ2v) is 6.38. The van der Waals surface area contributed by atoms with Crippen LogP contribution in [0.25, 0.3) is 0 Å². The molecule has 1 N–H and O–H groups in total. The largest absolute Gasteiger partial charge is 0.493 e. The van der Waals surface area contributed by atoms with Gasteiger partial charge >= 0.3 is 0 Å². The van der Waals surface area contributed by atoms with E-state index in [0.29, 0.717) is 11.3 Å². The maximum Gasteiger partial charge on any atom is 0.161 e. The van der Waals surface area contributed by atoms with Crippen molar-refractivity contribution in [2.75, 3.05) is 20.0 Å². The molecule has 4 heteroatoms. The molecule has 106 valence electrons. The first-order valence-electron chi connectivity index (χ1n) is 6.80. The van der Waals surface area contributed by atoms with Crippen LogP contribution in [-0.2, 0) is 6.54 Å². The Morgan fingerprint density at radius 1 is 1.26 bits per heavy atom. The van der Waals surface area contributed by atoms with E-state index < -0.39 is 0 Å². The Kier molecular flexibility index (Phi) is 5.40. The van der Waals surface area contributed by atoms with E-state index >= 15 is 0 Å². The molecule has 2 rings (SSSR count). The molecule has 2 unspecified atom stereocenters. The van der Waals surface area contributed by atoms with Gasteiger partial charge in [-0.1, -0.05) is 13.0 Å². The van der Waals surface area contributed by atoms with E-state index in [2.05, 4.69) is 30.1 Å². The second kappa shape index (κ2) is 7.06. The van der Waals surface area contributed by atoms with Gasteiger partial charge in [-0.05, 0) is 36.3 Å². The molecule has 1 heterocycles. The van der Waals surface area contributed by atoms with Crippen molar-refractivity contribution in [3.63, 3.8) is 0 Å². The second-order valence-electron chi connectivity index (χ2n) is 4.89. The van der Waals surface area contributed by atoms with E-state index in [9.17, 15) is 0 Å². The van der Waals surface area contributed by atoms with Gasteiger partial charge in [-0.3, -0.25) is 0 Å². The molecule has 2 atom stereocenters. The van der Waals surface area contributed by atoms with E-state index in [1.54, 1.807) is 14.2 Å². The molecule has 0 radical (unpaired) electrons. The minimum absolute atomic E-state index is 0.617. The Labute approximate surface area is 120 Å². The Hall–Kier alpha value is -0.870. The fourth-order valence-corrected chi connectivity index (χ4v) is 3.60. The third-order valence-electron chi connectivity index (χ3n) is 3.62. The number of hydrogen-bond donors (Lipinski definition) is 1. The molecule has 0 bridgehead atoms. The van der Waals surface area contributed by atoms with E-state index in [1.807, 2.05) is 12.1 Å². The van der Waals surface area contributed by atoms with Gasteiger partial charge < -0.3 is 14.8 Å². The molecule has 0 saturated carbocycles. The maximum atomic E-state index is 5.33. The summed E-state index contributed by atoms with van der Waals surface area (Å²) in [6.07, 6.45) is 2.60. The number of rotatable bonds is 5. The van der Waals surface area contributed by atoms with E-state index in [-0.39, 0.29) is 0 Å². The van der Waals surface area contributed by atoms with Gasteiger partial charge in [-0.25, -0.2) is 0 Å². The summed E-state index contributed by atoms with van der Waals surface area (Å²) in [6, 6.07) is 6.72. The summed E-state index contributed by atoms with van der Waals surface area (Å²) < 4.78 is 10.6. The predicted octanol–water partition coefficient (Wildman–Crippen LogP) is 3.08. The molecule has 0 spiro atoms. The zero-order valence-electron chi connectivity index (χ0n) is 11.9. The van der Waals surface area contributed by atoms with Crippen LogP contribution in [-0.4, -0.2) is 31.3 Å². The van der Waals surface area contributed by atoms with Crippen LogP contribution in [0.2, 0.25) is 0 Å². The molecule has 0 aliphatic carbocycles. The van der Waals surface area contributed by atoms with Crippen LogP contribution in [0, 0.1) is 0 Å². The quantitative estimate of drug-likeness (QED) is 0.898. The fourth-order valence-electron chi connectivity index (χ4n) is 2.43. The van der Waals surface area contributed by atoms with Crippen LogP contribution in [0.15, 0.2) is 18.2 Å². The van der Waals surface area contributed by atoms with Crippen molar-refractivity contribution in [3.05, 3.63) is 23.8 Å². The smallest absolute Gasteiger partial charge is 0.161 e. The van der Waals surface area contributed by atoms with Crippen molar-refractivity contribution in [2.45, 2.75) is 37.6 Å². The molecule has 1 aliphatic heterocycles. The van der Waals surface area contributed by atoms with Gasteiger partial charge in [0, 0.05) is 17.8 Å². The van der Waals surface area contributed by atoms with Crippen LogP contribution >= 0.6 is 11.8 Å². The molecule has 1 aliphatic rings. The molecular weight excluding hydrogens is 258 g/mol. The normalized spacial score (nSPS) is 23.1. The molecular formula is C15H23NO2S. The Morgan fingerprint density at radius 3 is 2.74 bits per heavy atom. The summed E-state index contributed by atoms with van der Waals surface area (Å²) in [4.78, 5) is 0. The molecule has 0 aromatic heterocycles. The van der Waals surface area contributed by atoms with Gasteiger partial charge in [0.25, 0.3) is 0 Å². The standard InChI is InChI=1S/C15H23NO2S/c1-11-13(5-4-8-19-11)16-10-12-6-7-14(17-2)15(9-12)18-3/h6-7,9,11,13,16H,4-5,8,10H2,1-3H3. The van der Waals surface area contributed by atoms with Crippen LogP contribution < -0.4 is 14.8 Å². The molecule has 19 heavy (non-hydrogen) atoms. The van der Waals surface area contributed by atoms with E-state index in [0.717, 1.165) is 18.0 Å². The average Bonchev–Trinajstić information content (AvgIpc) is 2.46. The first kappa shape index (κ1) is 14.5. The summed E-state index contributed by atoms with van der Waals surface area (Å²) in [7, 11) is 3.34. The SMILES string of the molecule is COc1ccc(CNC2CCCSC2C)cc1OC. The summed E-state index contributed by atoms with van der Waals surface area (Å²) in [5, 5.41) is 4.36. The lowest BCUT2D eigenvalue weighted by atomic mass is 10.1. The van der Waals surface area contributed by atoms with Crippen molar-refractivity contribution in [3.8, 4) is 11.5 Å². The van der Waals surface area contributed by atoms with Gasteiger partial charge in [0.1, 0.15) is 0 Å². The molecule has 0 amide bonds. The molecule has 3 nitrogen and oxygen atoms in total. The van der Waals surface area contributed by atoms with E-state index in [1.165, 1.54) is 24.2 Å². The highest BCUT2D eigenvalue weighted by molar-refractivity contribution is 7.99. The minimum atomic E-state index is 0.617. The summed E-state index contributed by atoms with van der Waals surface area (Å²) >= 11 is 2.07. The zero-order valence-corrected chi connectivity index (χ0v) is 12.8. The van der Waals surface area contributed by atoms with Crippen LogP contribution in [0.5, 0.6) is 11.5 Å². The van der Waals surface area contributed by atoms with Gasteiger partial charge in [0.2, 0.25) is 0 Å². The third-order valence-corrected chi connectivity index (χ3v) is 5.00.